The van der Waals surface area contributed by atoms with Crippen molar-refractivity contribution in [3.8, 4) is 0 Å². The summed E-state index contributed by atoms with van der Waals surface area (Å²) in [5.74, 6) is 1.24. The van der Waals surface area contributed by atoms with E-state index in [9.17, 15) is 0 Å². The van der Waals surface area contributed by atoms with E-state index in [2.05, 4.69) is 33.7 Å². The molecule has 5 nitrogen and oxygen atoms in total. The lowest BCUT2D eigenvalue weighted by molar-refractivity contribution is 0.295. The van der Waals surface area contributed by atoms with Crippen LogP contribution in [0.2, 0.25) is 0 Å². The molecule has 0 aliphatic carbocycles. The van der Waals surface area contributed by atoms with Gasteiger partial charge in [-0.2, -0.15) is 0 Å². The van der Waals surface area contributed by atoms with Crippen molar-refractivity contribution in [3.05, 3.63) is 60.8 Å². The Morgan fingerprint density at radius 3 is 2.86 bits per heavy atom. The molecule has 1 aromatic carbocycles. The molecule has 106 valence electrons. The van der Waals surface area contributed by atoms with Gasteiger partial charge in [-0.1, -0.05) is 36.9 Å². The van der Waals surface area contributed by atoms with Crippen LogP contribution in [0.15, 0.2) is 49.4 Å². The van der Waals surface area contributed by atoms with Gasteiger partial charge in [0.15, 0.2) is 17.2 Å². The summed E-state index contributed by atoms with van der Waals surface area (Å²) in [5.41, 5.74) is 2.69. The quantitative estimate of drug-likeness (QED) is 0.674. The van der Waals surface area contributed by atoms with Crippen molar-refractivity contribution in [2.24, 2.45) is 0 Å². The maximum Gasteiger partial charge on any atom is 0.177 e. The van der Waals surface area contributed by atoms with Crippen molar-refractivity contribution in [3.63, 3.8) is 0 Å². The third-order valence-electron chi connectivity index (χ3n) is 3.16. The highest BCUT2D eigenvalue weighted by molar-refractivity contribution is 5.74. The Bertz CT molecular complexity index is 764. The first-order valence-corrected chi connectivity index (χ1v) is 6.82. The molecular weight excluding hydrogens is 264 g/mol. The maximum absolute atomic E-state index is 5.51. The molecule has 5 heteroatoms. The number of hydrogen-bond acceptors (Lipinski definition) is 4. The molecule has 0 fully saturated rings. The van der Waals surface area contributed by atoms with Gasteiger partial charge in [0.1, 0.15) is 11.8 Å². The molecule has 21 heavy (non-hydrogen) atoms. The highest BCUT2D eigenvalue weighted by Gasteiger charge is 2.15. The van der Waals surface area contributed by atoms with Gasteiger partial charge >= 0.3 is 0 Å². The zero-order valence-corrected chi connectivity index (χ0v) is 11.9. The normalized spacial score (nSPS) is 10.7. The molecule has 0 aliphatic rings. The Kier molecular flexibility index (Phi) is 3.64. The van der Waals surface area contributed by atoms with Gasteiger partial charge in [-0.3, -0.25) is 0 Å². The largest absolute Gasteiger partial charge is 0.491 e. The third kappa shape index (κ3) is 2.63. The van der Waals surface area contributed by atoms with Crippen molar-refractivity contribution in [1.82, 2.24) is 19.5 Å². The zero-order chi connectivity index (χ0) is 14.7. The second-order valence-electron chi connectivity index (χ2n) is 4.59. The number of imidazole rings is 1. The van der Waals surface area contributed by atoms with Crippen LogP contribution in [0.3, 0.4) is 0 Å². The molecule has 2 heterocycles. The third-order valence-corrected chi connectivity index (χ3v) is 3.16. The fraction of sp³-hybridized carbons (Fsp3) is 0.188. The molecule has 0 saturated heterocycles. The van der Waals surface area contributed by atoms with Crippen molar-refractivity contribution in [1.29, 1.82) is 0 Å². The minimum absolute atomic E-state index is 0.548. The molecule has 0 N–H and O–H groups in total. The fourth-order valence-electron chi connectivity index (χ4n) is 2.24. The summed E-state index contributed by atoms with van der Waals surface area (Å²) in [5, 5.41) is 0. The Morgan fingerprint density at radius 2 is 2.10 bits per heavy atom. The van der Waals surface area contributed by atoms with Crippen LogP contribution in [-0.4, -0.2) is 26.1 Å². The molecule has 0 unspecified atom stereocenters. The van der Waals surface area contributed by atoms with E-state index in [1.54, 1.807) is 6.20 Å². The van der Waals surface area contributed by atoms with Crippen molar-refractivity contribution in [2.75, 3.05) is 6.61 Å². The van der Waals surface area contributed by atoms with Gasteiger partial charge < -0.3 is 9.30 Å². The lowest BCUT2D eigenvalue weighted by atomic mass is 10.2. The molecule has 0 atom stereocenters. The number of ether oxygens (including phenoxy) is 1. The highest BCUT2D eigenvalue weighted by Crippen LogP contribution is 2.20. The average Bonchev–Trinajstić information content (AvgIpc) is 2.88. The minimum atomic E-state index is 0.548. The zero-order valence-electron chi connectivity index (χ0n) is 11.9. The fourth-order valence-corrected chi connectivity index (χ4v) is 2.24. The van der Waals surface area contributed by atoms with Gasteiger partial charge in [0, 0.05) is 0 Å². The Balaban J connectivity index is 2.09. The SMILES string of the molecule is C=C(OCC)c1nc2cncnc2n1Cc1ccccc1. The highest BCUT2D eigenvalue weighted by atomic mass is 16.5. The first kappa shape index (κ1) is 13.3. The van der Waals surface area contributed by atoms with E-state index in [-0.39, 0.29) is 0 Å². The molecule has 0 saturated carbocycles. The van der Waals surface area contributed by atoms with Gasteiger partial charge in [0.05, 0.1) is 19.3 Å². The molecule has 2 aromatic heterocycles. The summed E-state index contributed by atoms with van der Waals surface area (Å²) in [6, 6.07) is 10.2. The van der Waals surface area contributed by atoms with Crippen LogP contribution in [0.4, 0.5) is 0 Å². The number of nitrogens with zero attached hydrogens (tertiary/aromatic N) is 4. The molecule has 0 spiro atoms. The van der Waals surface area contributed by atoms with Crippen molar-refractivity contribution >= 4 is 16.9 Å². The predicted molar refractivity (Wildman–Crippen MR) is 81.5 cm³/mol. The summed E-state index contributed by atoms with van der Waals surface area (Å²) in [7, 11) is 0. The van der Waals surface area contributed by atoms with Gasteiger partial charge in [-0.05, 0) is 12.5 Å². The molecule has 3 aromatic rings. The summed E-state index contributed by atoms with van der Waals surface area (Å²) in [6.45, 7) is 7.10. The van der Waals surface area contributed by atoms with Crippen LogP contribution in [0.1, 0.15) is 18.3 Å². The topological polar surface area (TPSA) is 52.8 Å². The van der Waals surface area contributed by atoms with Crippen LogP contribution in [0.5, 0.6) is 0 Å². The van der Waals surface area contributed by atoms with E-state index in [1.165, 1.54) is 11.9 Å². The Morgan fingerprint density at radius 1 is 1.29 bits per heavy atom. The Labute approximate surface area is 122 Å². The molecule has 0 radical (unpaired) electrons. The summed E-state index contributed by atoms with van der Waals surface area (Å²) < 4.78 is 7.51. The van der Waals surface area contributed by atoms with E-state index in [1.807, 2.05) is 29.7 Å². The first-order chi connectivity index (χ1) is 10.3. The van der Waals surface area contributed by atoms with E-state index < -0.39 is 0 Å². The lowest BCUT2D eigenvalue weighted by Crippen LogP contribution is -2.06. The smallest absolute Gasteiger partial charge is 0.177 e. The van der Waals surface area contributed by atoms with Crippen molar-refractivity contribution < 1.29 is 4.74 Å². The first-order valence-electron chi connectivity index (χ1n) is 6.82. The van der Waals surface area contributed by atoms with Crippen LogP contribution in [0, 0.1) is 0 Å². The van der Waals surface area contributed by atoms with Crippen molar-refractivity contribution in [2.45, 2.75) is 13.5 Å². The number of benzene rings is 1. The molecule has 0 aliphatic heterocycles. The molecule has 0 amide bonds. The van der Waals surface area contributed by atoms with E-state index in [4.69, 9.17) is 4.74 Å². The predicted octanol–water partition coefficient (Wildman–Crippen LogP) is 2.88. The van der Waals surface area contributed by atoms with Crippen LogP contribution in [0.25, 0.3) is 16.9 Å². The molecular formula is C16H16N4O. The van der Waals surface area contributed by atoms with Crippen LogP contribution < -0.4 is 0 Å². The van der Waals surface area contributed by atoms with Gasteiger partial charge in [0.25, 0.3) is 0 Å². The number of rotatable bonds is 5. The monoisotopic (exact) mass is 280 g/mol. The molecule has 0 bridgehead atoms. The maximum atomic E-state index is 5.51. The number of aromatic nitrogens is 4. The van der Waals surface area contributed by atoms with Gasteiger partial charge in [-0.15, -0.1) is 0 Å². The molecule has 3 rings (SSSR count). The van der Waals surface area contributed by atoms with Gasteiger partial charge in [-0.25, -0.2) is 15.0 Å². The summed E-state index contributed by atoms with van der Waals surface area (Å²) in [6.07, 6.45) is 3.23. The number of fused-ring (bicyclic) bond motifs is 1. The second-order valence-corrected chi connectivity index (χ2v) is 4.59. The average molecular weight is 280 g/mol. The Hall–Kier alpha value is -2.69. The second kappa shape index (κ2) is 5.75. The van der Waals surface area contributed by atoms with Crippen LogP contribution in [-0.2, 0) is 11.3 Å². The van der Waals surface area contributed by atoms with Gasteiger partial charge in [0.2, 0.25) is 0 Å². The van der Waals surface area contributed by atoms with Crippen LogP contribution >= 0.6 is 0 Å². The summed E-state index contributed by atoms with van der Waals surface area (Å²) in [4.78, 5) is 12.9. The number of hydrogen-bond donors (Lipinski definition) is 0. The van der Waals surface area contributed by atoms with E-state index >= 15 is 0 Å². The standard InChI is InChI=1S/C16H16N4O/c1-3-21-12(2)15-19-14-9-17-11-18-16(14)20(15)10-13-7-5-4-6-8-13/h4-9,11H,2-3,10H2,1H3. The van der Waals surface area contributed by atoms with E-state index in [0.29, 0.717) is 24.7 Å². The minimum Gasteiger partial charge on any atom is -0.491 e. The van der Waals surface area contributed by atoms with E-state index in [0.717, 1.165) is 11.2 Å². The summed E-state index contributed by atoms with van der Waals surface area (Å²) >= 11 is 0. The lowest BCUT2D eigenvalue weighted by Gasteiger charge is -2.10.